The number of hydrogen-bond acceptors (Lipinski definition) is 3. The molecule has 29 heavy (non-hydrogen) atoms. The van der Waals surface area contributed by atoms with E-state index in [9.17, 15) is 13.2 Å². The highest BCUT2D eigenvalue weighted by atomic mass is 35.5. The molecule has 0 radical (unpaired) electrons. The van der Waals surface area contributed by atoms with Gasteiger partial charge in [-0.25, -0.2) is 8.42 Å². The van der Waals surface area contributed by atoms with E-state index in [2.05, 4.69) is 12.2 Å². The van der Waals surface area contributed by atoms with Gasteiger partial charge in [0, 0.05) is 18.8 Å². The Morgan fingerprint density at radius 2 is 1.79 bits per heavy atom. The van der Waals surface area contributed by atoms with Crippen molar-refractivity contribution in [1.82, 2.24) is 4.31 Å². The largest absolute Gasteiger partial charge is 0.322 e. The van der Waals surface area contributed by atoms with Crippen LogP contribution in [0.3, 0.4) is 0 Å². The number of carbonyl (C=O) groups excluding carboxylic acids is 1. The molecule has 3 rings (SSSR count). The zero-order chi connectivity index (χ0) is 21.2. The number of benzene rings is 2. The van der Waals surface area contributed by atoms with Gasteiger partial charge in [-0.2, -0.15) is 4.31 Å². The van der Waals surface area contributed by atoms with Crippen LogP contribution in [0.1, 0.15) is 55.5 Å². The fourth-order valence-corrected chi connectivity index (χ4v) is 5.22. The normalized spacial score (nSPS) is 16.2. The summed E-state index contributed by atoms with van der Waals surface area (Å²) in [6, 6.07) is 11.9. The molecular formula is C22H27ClN2O3S. The highest BCUT2D eigenvalue weighted by molar-refractivity contribution is 7.89. The average Bonchev–Trinajstić information content (AvgIpc) is 2.68. The Morgan fingerprint density at radius 3 is 2.45 bits per heavy atom. The molecule has 1 saturated heterocycles. The first-order chi connectivity index (χ1) is 13.7. The van der Waals surface area contributed by atoms with E-state index in [0.29, 0.717) is 24.7 Å². The molecule has 1 aliphatic heterocycles. The van der Waals surface area contributed by atoms with Crippen molar-refractivity contribution in [3.05, 3.63) is 58.6 Å². The van der Waals surface area contributed by atoms with Crippen molar-refractivity contribution < 1.29 is 13.2 Å². The molecule has 0 aliphatic carbocycles. The minimum Gasteiger partial charge on any atom is -0.322 e. The second kappa shape index (κ2) is 8.86. The van der Waals surface area contributed by atoms with Crippen molar-refractivity contribution >= 4 is 33.2 Å². The van der Waals surface area contributed by atoms with E-state index in [1.807, 2.05) is 38.1 Å². The van der Waals surface area contributed by atoms with Crippen LogP contribution in [-0.4, -0.2) is 31.7 Å². The first kappa shape index (κ1) is 21.8. The molecule has 5 nitrogen and oxygen atoms in total. The second-order valence-electron chi connectivity index (χ2n) is 7.92. The molecule has 0 unspecified atom stereocenters. The molecule has 0 aromatic heterocycles. The van der Waals surface area contributed by atoms with Crippen LogP contribution in [0.15, 0.2) is 47.4 Å². The summed E-state index contributed by atoms with van der Waals surface area (Å²) < 4.78 is 27.6. The number of nitrogens with zero attached hydrogens (tertiary/aromatic N) is 1. The van der Waals surface area contributed by atoms with E-state index in [0.717, 1.165) is 18.4 Å². The number of nitrogens with one attached hydrogen (secondary N) is 1. The van der Waals surface area contributed by atoms with Crippen LogP contribution in [0.25, 0.3) is 0 Å². The number of carbonyl (C=O) groups is 1. The van der Waals surface area contributed by atoms with Crippen molar-refractivity contribution in [2.75, 3.05) is 18.4 Å². The fourth-order valence-electron chi connectivity index (χ4n) is 3.52. The number of anilines is 1. The molecule has 1 amide bonds. The van der Waals surface area contributed by atoms with E-state index < -0.39 is 15.9 Å². The average molecular weight is 435 g/mol. The molecule has 0 spiro atoms. The number of hydrogen-bond donors (Lipinski definition) is 1. The summed E-state index contributed by atoms with van der Waals surface area (Å²) in [5, 5.41) is 3.10. The number of piperidine rings is 1. The molecule has 1 heterocycles. The standard InChI is InChI=1S/C22H27ClN2O3S/c1-15(2)18-6-4-5-7-21(18)24-22(26)19-14-17(8-9-20(19)23)29(27,28)25-12-10-16(3)11-13-25/h4-9,14-16H,10-13H2,1-3H3,(H,24,26). The third-order valence-corrected chi connectivity index (χ3v) is 7.62. The lowest BCUT2D eigenvalue weighted by Gasteiger charge is -2.29. The lowest BCUT2D eigenvalue weighted by molar-refractivity contribution is 0.102. The monoisotopic (exact) mass is 434 g/mol. The maximum absolute atomic E-state index is 13.0. The molecule has 1 N–H and O–H groups in total. The molecule has 1 aliphatic rings. The van der Waals surface area contributed by atoms with E-state index >= 15 is 0 Å². The Morgan fingerprint density at radius 1 is 1.14 bits per heavy atom. The van der Waals surface area contributed by atoms with Gasteiger partial charge in [-0.1, -0.05) is 50.6 Å². The number of halogens is 1. The van der Waals surface area contributed by atoms with Crippen molar-refractivity contribution in [1.29, 1.82) is 0 Å². The third kappa shape index (κ3) is 4.82. The van der Waals surface area contributed by atoms with Gasteiger partial charge in [0.1, 0.15) is 0 Å². The lowest BCUT2D eigenvalue weighted by Crippen LogP contribution is -2.37. The van der Waals surface area contributed by atoms with Crippen LogP contribution in [0.4, 0.5) is 5.69 Å². The number of sulfonamides is 1. The van der Waals surface area contributed by atoms with Gasteiger partial charge in [-0.15, -0.1) is 0 Å². The first-order valence-electron chi connectivity index (χ1n) is 9.90. The van der Waals surface area contributed by atoms with Gasteiger partial charge in [-0.3, -0.25) is 4.79 Å². The third-order valence-electron chi connectivity index (χ3n) is 5.39. The molecule has 1 fully saturated rings. The second-order valence-corrected chi connectivity index (χ2v) is 10.3. The van der Waals surface area contributed by atoms with Gasteiger partial charge in [-0.05, 0) is 54.5 Å². The summed E-state index contributed by atoms with van der Waals surface area (Å²) in [5.74, 6) is 0.330. The topological polar surface area (TPSA) is 66.5 Å². The van der Waals surface area contributed by atoms with Gasteiger partial charge in [0.05, 0.1) is 15.5 Å². The predicted octanol–water partition coefficient (Wildman–Crippen LogP) is 5.14. The maximum atomic E-state index is 13.0. The van der Waals surface area contributed by atoms with Crippen molar-refractivity contribution in [3.63, 3.8) is 0 Å². The van der Waals surface area contributed by atoms with Crippen LogP contribution in [0.2, 0.25) is 5.02 Å². The zero-order valence-corrected chi connectivity index (χ0v) is 18.6. The van der Waals surface area contributed by atoms with Crippen LogP contribution in [0.5, 0.6) is 0 Å². The Kier molecular flexibility index (Phi) is 6.66. The van der Waals surface area contributed by atoms with Crippen LogP contribution < -0.4 is 5.32 Å². The molecule has 0 bridgehead atoms. The van der Waals surface area contributed by atoms with Crippen molar-refractivity contribution in [2.24, 2.45) is 5.92 Å². The summed E-state index contributed by atoms with van der Waals surface area (Å²) in [6.07, 6.45) is 1.68. The summed E-state index contributed by atoms with van der Waals surface area (Å²) in [7, 11) is -3.66. The highest BCUT2D eigenvalue weighted by Crippen LogP contribution is 2.28. The molecule has 2 aromatic carbocycles. The minimum absolute atomic E-state index is 0.0961. The van der Waals surface area contributed by atoms with Crippen molar-refractivity contribution in [3.8, 4) is 0 Å². The maximum Gasteiger partial charge on any atom is 0.257 e. The van der Waals surface area contributed by atoms with Crippen LogP contribution in [0, 0.1) is 5.92 Å². The van der Waals surface area contributed by atoms with Crippen LogP contribution in [-0.2, 0) is 10.0 Å². The fraction of sp³-hybridized carbons (Fsp3) is 0.409. The summed E-state index contributed by atoms with van der Waals surface area (Å²) in [6.45, 7) is 7.21. The van der Waals surface area contributed by atoms with Crippen molar-refractivity contribution in [2.45, 2.75) is 44.4 Å². The Labute approximate surface area is 178 Å². The quantitative estimate of drug-likeness (QED) is 0.708. The zero-order valence-electron chi connectivity index (χ0n) is 17.0. The molecule has 0 atom stereocenters. The number of amides is 1. The highest BCUT2D eigenvalue weighted by Gasteiger charge is 2.29. The lowest BCUT2D eigenvalue weighted by atomic mass is 10.0. The SMILES string of the molecule is CC1CCN(S(=O)(=O)c2ccc(Cl)c(C(=O)Nc3ccccc3C(C)C)c2)CC1. The van der Waals surface area contributed by atoms with E-state index in [1.165, 1.54) is 22.5 Å². The molecule has 0 saturated carbocycles. The van der Waals surface area contributed by atoms with E-state index in [1.54, 1.807) is 0 Å². The van der Waals surface area contributed by atoms with Gasteiger partial charge in [0.15, 0.2) is 0 Å². The van der Waals surface area contributed by atoms with Gasteiger partial charge in [0.2, 0.25) is 10.0 Å². The minimum atomic E-state index is -3.66. The van der Waals surface area contributed by atoms with Gasteiger partial charge < -0.3 is 5.32 Å². The number of rotatable bonds is 5. The predicted molar refractivity (Wildman–Crippen MR) is 117 cm³/mol. The van der Waals surface area contributed by atoms with Gasteiger partial charge >= 0.3 is 0 Å². The first-order valence-corrected chi connectivity index (χ1v) is 11.7. The van der Waals surface area contributed by atoms with E-state index in [4.69, 9.17) is 11.6 Å². The Balaban J connectivity index is 1.89. The van der Waals surface area contributed by atoms with Crippen LogP contribution >= 0.6 is 11.6 Å². The summed E-state index contributed by atoms with van der Waals surface area (Å²) >= 11 is 6.25. The molecule has 7 heteroatoms. The van der Waals surface area contributed by atoms with E-state index in [-0.39, 0.29) is 21.4 Å². The smallest absolute Gasteiger partial charge is 0.257 e. The van der Waals surface area contributed by atoms with Gasteiger partial charge in [0.25, 0.3) is 5.91 Å². The Hall–Kier alpha value is -1.89. The molecule has 2 aromatic rings. The molecular weight excluding hydrogens is 408 g/mol. The summed E-state index contributed by atoms with van der Waals surface area (Å²) in [4.78, 5) is 13.0. The Bertz CT molecular complexity index is 997. The summed E-state index contributed by atoms with van der Waals surface area (Å²) in [5.41, 5.74) is 1.85. The number of para-hydroxylation sites is 1. The molecule has 156 valence electrons.